The van der Waals surface area contributed by atoms with Crippen LogP contribution in [0.2, 0.25) is 0 Å². The third-order valence-electron chi connectivity index (χ3n) is 4.43. The third kappa shape index (κ3) is 2.85. The first-order chi connectivity index (χ1) is 10.9. The van der Waals surface area contributed by atoms with E-state index in [0.717, 1.165) is 22.2 Å². The summed E-state index contributed by atoms with van der Waals surface area (Å²) in [6.07, 6.45) is 1.95. The lowest BCUT2D eigenvalue weighted by molar-refractivity contribution is -0.138. The molecule has 1 aromatic carbocycles. The molecule has 0 radical (unpaired) electrons. The number of rotatable bonds is 3. The number of imide groups is 1. The van der Waals surface area contributed by atoms with Crippen molar-refractivity contribution in [3.63, 3.8) is 0 Å². The topological polar surface area (TPSA) is 69.7 Å². The molecule has 23 heavy (non-hydrogen) atoms. The number of hydrogen-bond donors (Lipinski definition) is 1. The van der Waals surface area contributed by atoms with Crippen molar-refractivity contribution in [1.82, 2.24) is 15.1 Å². The van der Waals surface area contributed by atoms with Crippen LogP contribution in [-0.4, -0.2) is 47.3 Å². The zero-order valence-corrected chi connectivity index (χ0v) is 14.4. The van der Waals surface area contributed by atoms with Crippen LogP contribution in [0.25, 0.3) is 0 Å². The molecule has 2 aliphatic heterocycles. The van der Waals surface area contributed by atoms with Gasteiger partial charge in [0, 0.05) is 17.6 Å². The Bertz CT molecular complexity index is 672. The van der Waals surface area contributed by atoms with Crippen LogP contribution in [0.5, 0.6) is 0 Å². The van der Waals surface area contributed by atoms with Gasteiger partial charge in [0.2, 0.25) is 5.91 Å². The van der Waals surface area contributed by atoms with Crippen molar-refractivity contribution in [2.75, 3.05) is 19.6 Å². The second kappa shape index (κ2) is 5.96. The zero-order chi connectivity index (χ0) is 16.6. The average Bonchev–Trinajstić information content (AvgIpc) is 3.11. The van der Waals surface area contributed by atoms with Gasteiger partial charge in [-0.25, -0.2) is 4.79 Å². The van der Waals surface area contributed by atoms with Crippen molar-refractivity contribution in [2.24, 2.45) is 0 Å². The quantitative estimate of drug-likeness (QED) is 0.814. The molecule has 1 N–H and O–H groups in total. The van der Waals surface area contributed by atoms with Crippen LogP contribution in [0.15, 0.2) is 28.7 Å². The van der Waals surface area contributed by atoms with E-state index in [2.05, 4.69) is 21.2 Å². The lowest BCUT2D eigenvalue weighted by atomic mass is 9.92. The van der Waals surface area contributed by atoms with Crippen LogP contribution in [0.3, 0.4) is 0 Å². The van der Waals surface area contributed by atoms with Crippen molar-refractivity contribution in [3.8, 4) is 0 Å². The molecule has 0 unspecified atom stereocenters. The first-order valence-electron chi connectivity index (χ1n) is 7.60. The van der Waals surface area contributed by atoms with Crippen molar-refractivity contribution < 1.29 is 14.4 Å². The summed E-state index contributed by atoms with van der Waals surface area (Å²) in [7, 11) is 0. The molecular weight excluding hydrogens is 362 g/mol. The minimum Gasteiger partial charge on any atom is -0.341 e. The predicted octanol–water partition coefficient (Wildman–Crippen LogP) is 1.84. The predicted molar refractivity (Wildman–Crippen MR) is 87.6 cm³/mol. The maximum atomic E-state index is 12.8. The van der Waals surface area contributed by atoms with Crippen LogP contribution in [0.1, 0.15) is 25.3 Å². The van der Waals surface area contributed by atoms with Gasteiger partial charge in [-0.1, -0.05) is 28.1 Å². The molecule has 122 valence electrons. The van der Waals surface area contributed by atoms with Crippen molar-refractivity contribution in [1.29, 1.82) is 0 Å². The minimum absolute atomic E-state index is 0.176. The molecule has 0 saturated carbocycles. The molecule has 4 amide bonds. The summed E-state index contributed by atoms with van der Waals surface area (Å²) in [5.41, 5.74) is -0.465. The Morgan fingerprint density at radius 2 is 2.00 bits per heavy atom. The van der Waals surface area contributed by atoms with E-state index in [1.54, 1.807) is 24.0 Å². The molecular formula is C16H18BrN3O3. The number of nitrogens with zero attached hydrogens (tertiary/aromatic N) is 2. The zero-order valence-electron chi connectivity index (χ0n) is 12.8. The van der Waals surface area contributed by atoms with Gasteiger partial charge in [0.1, 0.15) is 12.1 Å². The highest BCUT2D eigenvalue weighted by Gasteiger charge is 2.49. The smallest absolute Gasteiger partial charge is 0.325 e. The number of nitrogens with one attached hydrogen (secondary N) is 1. The van der Waals surface area contributed by atoms with E-state index in [1.165, 1.54) is 0 Å². The molecule has 2 saturated heterocycles. The number of hydrogen-bond acceptors (Lipinski definition) is 3. The Morgan fingerprint density at radius 1 is 1.30 bits per heavy atom. The van der Waals surface area contributed by atoms with Gasteiger partial charge >= 0.3 is 6.03 Å². The summed E-state index contributed by atoms with van der Waals surface area (Å²) in [6.45, 7) is 2.86. The van der Waals surface area contributed by atoms with Crippen LogP contribution in [0, 0.1) is 0 Å². The molecule has 7 heteroatoms. The Hall–Kier alpha value is -1.89. The van der Waals surface area contributed by atoms with E-state index in [0.29, 0.717) is 18.7 Å². The Labute approximate surface area is 142 Å². The number of halogens is 1. The second-order valence-corrected chi connectivity index (χ2v) is 6.96. The highest BCUT2D eigenvalue weighted by molar-refractivity contribution is 9.10. The lowest BCUT2D eigenvalue weighted by Crippen LogP contribution is -2.43. The summed E-state index contributed by atoms with van der Waals surface area (Å²) in [5, 5.41) is 2.72. The van der Waals surface area contributed by atoms with Gasteiger partial charge in [-0.3, -0.25) is 14.5 Å². The fraction of sp³-hybridized carbons (Fsp3) is 0.438. The van der Waals surface area contributed by atoms with Crippen LogP contribution in [-0.2, 0) is 15.1 Å². The highest BCUT2D eigenvalue weighted by atomic mass is 79.9. The van der Waals surface area contributed by atoms with Gasteiger partial charge in [0.25, 0.3) is 5.91 Å². The Balaban J connectivity index is 1.80. The molecule has 0 bridgehead atoms. The van der Waals surface area contributed by atoms with E-state index >= 15 is 0 Å². The van der Waals surface area contributed by atoms with Gasteiger partial charge in [-0.2, -0.15) is 0 Å². The monoisotopic (exact) mass is 379 g/mol. The largest absolute Gasteiger partial charge is 0.341 e. The number of carbonyl (C=O) groups excluding carboxylic acids is 3. The summed E-state index contributed by atoms with van der Waals surface area (Å²) in [6, 6.07) is 6.72. The first-order valence-corrected chi connectivity index (χ1v) is 8.39. The van der Waals surface area contributed by atoms with Gasteiger partial charge in [0.15, 0.2) is 0 Å². The van der Waals surface area contributed by atoms with Gasteiger partial charge < -0.3 is 10.2 Å². The molecule has 1 aromatic rings. The molecule has 2 heterocycles. The van der Waals surface area contributed by atoms with Crippen molar-refractivity contribution in [2.45, 2.75) is 25.3 Å². The highest BCUT2D eigenvalue weighted by Crippen LogP contribution is 2.30. The number of benzene rings is 1. The molecule has 0 aromatic heterocycles. The second-order valence-electron chi connectivity index (χ2n) is 6.04. The standard InChI is InChI=1S/C16H18BrN3O3/c1-16(11-5-4-6-12(17)9-11)14(22)20(15(23)18-16)10-13(21)19-7-2-3-8-19/h4-6,9H,2-3,7-8,10H2,1H3,(H,18,23)/t16-/m1/s1. The minimum atomic E-state index is -1.15. The molecule has 1 atom stereocenters. The third-order valence-corrected chi connectivity index (χ3v) is 4.92. The lowest BCUT2D eigenvalue weighted by Gasteiger charge is -2.23. The van der Waals surface area contributed by atoms with E-state index in [9.17, 15) is 14.4 Å². The molecule has 3 rings (SSSR count). The average molecular weight is 380 g/mol. The van der Waals surface area contributed by atoms with E-state index < -0.39 is 17.5 Å². The molecule has 0 spiro atoms. The normalized spacial score (nSPS) is 24.3. The SMILES string of the molecule is C[C@]1(c2cccc(Br)c2)NC(=O)N(CC(=O)N2CCCC2)C1=O. The van der Waals surface area contributed by atoms with E-state index in [-0.39, 0.29) is 12.5 Å². The maximum Gasteiger partial charge on any atom is 0.325 e. The summed E-state index contributed by atoms with van der Waals surface area (Å²) < 4.78 is 0.824. The van der Waals surface area contributed by atoms with E-state index in [1.807, 2.05) is 12.1 Å². The van der Waals surface area contributed by atoms with Crippen LogP contribution in [0.4, 0.5) is 4.79 Å². The molecule has 0 aliphatic carbocycles. The fourth-order valence-corrected chi connectivity index (χ4v) is 3.44. The Morgan fingerprint density at radius 3 is 2.65 bits per heavy atom. The van der Waals surface area contributed by atoms with Crippen LogP contribution >= 0.6 is 15.9 Å². The number of urea groups is 1. The Kier molecular flexibility index (Phi) is 4.14. The van der Waals surface area contributed by atoms with Crippen molar-refractivity contribution in [3.05, 3.63) is 34.3 Å². The summed E-state index contributed by atoms with van der Waals surface area (Å²) in [4.78, 5) is 39.9. The number of carbonyl (C=O) groups is 3. The van der Waals surface area contributed by atoms with E-state index in [4.69, 9.17) is 0 Å². The molecule has 2 aliphatic rings. The fourth-order valence-electron chi connectivity index (χ4n) is 3.04. The maximum absolute atomic E-state index is 12.8. The number of amides is 4. The summed E-state index contributed by atoms with van der Waals surface area (Å²) in [5.74, 6) is -0.572. The van der Waals surface area contributed by atoms with Crippen LogP contribution < -0.4 is 5.32 Å². The van der Waals surface area contributed by atoms with Gasteiger partial charge in [0.05, 0.1) is 0 Å². The first kappa shape index (κ1) is 16.0. The van der Waals surface area contributed by atoms with Gasteiger partial charge in [-0.05, 0) is 37.5 Å². The summed E-state index contributed by atoms with van der Waals surface area (Å²) >= 11 is 3.37. The van der Waals surface area contributed by atoms with Crippen molar-refractivity contribution >= 4 is 33.8 Å². The number of likely N-dealkylation sites (tertiary alicyclic amines) is 1. The molecule has 2 fully saturated rings. The molecule has 6 nitrogen and oxygen atoms in total. The van der Waals surface area contributed by atoms with Gasteiger partial charge in [-0.15, -0.1) is 0 Å².